The maximum Gasteiger partial charge on any atom is 0.284 e. The van der Waals surface area contributed by atoms with Gasteiger partial charge in [-0.15, -0.1) is 10.2 Å². The zero-order chi connectivity index (χ0) is 11.7. The summed E-state index contributed by atoms with van der Waals surface area (Å²) in [5, 5.41) is 8.02. The molecule has 1 aliphatic rings. The first-order valence-electron chi connectivity index (χ1n) is 5.07. The van der Waals surface area contributed by atoms with Crippen LogP contribution in [0.3, 0.4) is 0 Å². The number of carbonyl (C=O) groups is 1. The number of anilines is 1. The van der Waals surface area contributed by atoms with Crippen LogP contribution in [-0.2, 0) is 4.74 Å². The zero-order valence-corrected chi connectivity index (χ0v) is 10.0. The van der Waals surface area contributed by atoms with Crippen LogP contribution in [0.15, 0.2) is 0 Å². The van der Waals surface area contributed by atoms with Crippen LogP contribution < -0.4 is 5.73 Å². The summed E-state index contributed by atoms with van der Waals surface area (Å²) in [5.74, 6) is -0.142. The van der Waals surface area contributed by atoms with Crippen molar-refractivity contribution in [2.45, 2.75) is 25.5 Å². The van der Waals surface area contributed by atoms with E-state index in [2.05, 4.69) is 10.2 Å². The van der Waals surface area contributed by atoms with Crippen molar-refractivity contribution in [1.82, 2.24) is 15.1 Å². The largest absolute Gasteiger partial charge is 0.376 e. The van der Waals surface area contributed by atoms with Crippen LogP contribution in [-0.4, -0.2) is 46.8 Å². The van der Waals surface area contributed by atoms with E-state index in [1.54, 1.807) is 11.9 Å². The number of hydrogen-bond donors (Lipinski definition) is 1. The van der Waals surface area contributed by atoms with Crippen molar-refractivity contribution in [1.29, 1.82) is 0 Å². The highest BCUT2D eigenvalue weighted by molar-refractivity contribution is 7.16. The van der Waals surface area contributed by atoms with Crippen molar-refractivity contribution >= 4 is 22.4 Å². The van der Waals surface area contributed by atoms with Gasteiger partial charge in [-0.3, -0.25) is 4.79 Å². The Bertz CT molecular complexity index is 395. The molecule has 2 heterocycles. The summed E-state index contributed by atoms with van der Waals surface area (Å²) in [4.78, 5) is 13.7. The lowest BCUT2D eigenvalue weighted by Gasteiger charge is -2.25. The van der Waals surface area contributed by atoms with Crippen LogP contribution in [0.25, 0.3) is 0 Å². The Hall–Kier alpha value is -1.21. The number of ether oxygens (including phenoxy) is 1. The number of nitrogens with two attached hydrogens (primary N) is 1. The van der Waals surface area contributed by atoms with Gasteiger partial charge in [0.05, 0.1) is 12.1 Å². The Morgan fingerprint density at radius 3 is 2.88 bits per heavy atom. The number of nitrogens with zero attached hydrogens (tertiary/aromatic N) is 3. The minimum atomic E-state index is -0.142. The van der Waals surface area contributed by atoms with E-state index in [1.807, 2.05) is 6.92 Å². The minimum absolute atomic E-state index is 0.0687. The van der Waals surface area contributed by atoms with E-state index in [4.69, 9.17) is 10.5 Å². The quantitative estimate of drug-likeness (QED) is 0.810. The second kappa shape index (κ2) is 4.34. The van der Waals surface area contributed by atoms with E-state index < -0.39 is 0 Å². The predicted molar refractivity (Wildman–Crippen MR) is 60.2 cm³/mol. The predicted octanol–water partition coefficient (Wildman–Crippen LogP) is 0.370. The number of rotatable bonds is 2. The molecular formula is C9H14N4O2S. The van der Waals surface area contributed by atoms with Crippen molar-refractivity contribution in [3.63, 3.8) is 0 Å². The fraction of sp³-hybridized carbons (Fsp3) is 0.667. The maximum atomic E-state index is 12.0. The number of likely N-dealkylation sites (N-methyl/N-ethyl adjacent to an activating group) is 1. The fourth-order valence-electron chi connectivity index (χ4n) is 1.85. The molecule has 1 aromatic heterocycles. The van der Waals surface area contributed by atoms with E-state index in [0.717, 1.165) is 17.8 Å². The van der Waals surface area contributed by atoms with Gasteiger partial charge in [-0.25, -0.2) is 0 Å². The summed E-state index contributed by atoms with van der Waals surface area (Å²) in [6, 6.07) is 0.109. The average molecular weight is 242 g/mol. The third-order valence-corrected chi connectivity index (χ3v) is 3.52. The van der Waals surface area contributed by atoms with E-state index in [-0.39, 0.29) is 18.1 Å². The van der Waals surface area contributed by atoms with E-state index >= 15 is 0 Å². The van der Waals surface area contributed by atoms with Gasteiger partial charge in [-0.2, -0.15) is 0 Å². The standard InChI is InChI=1S/C9H14N4O2S/c1-5-6(3-4-15-5)13(2)8(14)7-11-12-9(10)16-7/h5-6H,3-4H2,1-2H3,(H2,10,12). The molecule has 2 unspecified atom stereocenters. The SMILES string of the molecule is CC1OCCC1N(C)C(=O)c1nnc(N)s1. The lowest BCUT2D eigenvalue weighted by Crippen LogP contribution is -2.40. The van der Waals surface area contributed by atoms with Gasteiger partial charge in [-0.05, 0) is 13.3 Å². The molecular weight excluding hydrogens is 228 g/mol. The smallest absolute Gasteiger partial charge is 0.284 e. The Kier molecular flexibility index (Phi) is 3.06. The van der Waals surface area contributed by atoms with Crippen LogP contribution in [0.4, 0.5) is 5.13 Å². The summed E-state index contributed by atoms with van der Waals surface area (Å²) in [5.41, 5.74) is 5.45. The molecule has 7 heteroatoms. The summed E-state index contributed by atoms with van der Waals surface area (Å²) in [7, 11) is 1.76. The first-order chi connectivity index (χ1) is 7.59. The highest BCUT2D eigenvalue weighted by Gasteiger charge is 2.32. The number of nitrogen functional groups attached to an aromatic ring is 1. The fourth-order valence-corrected chi connectivity index (χ4v) is 2.44. The third kappa shape index (κ3) is 2.00. The Labute approximate surface area is 97.4 Å². The van der Waals surface area contributed by atoms with Crippen molar-refractivity contribution < 1.29 is 9.53 Å². The highest BCUT2D eigenvalue weighted by Crippen LogP contribution is 2.21. The molecule has 0 aromatic carbocycles. The van der Waals surface area contributed by atoms with Gasteiger partial charge in [0.2, 0.25) is 10.1 Å². The van der Waals surface area contributed by atoms with E-state index in [0.29, 0.717) is 16.7 Å². The van der Waals surface area contributed by atoms with Crippen LogP contribution >= 0.6 is 11.3 Å². The molecule has 6 nitrogen and oxygen atoms in total. The van der Waals surface area contributed by atoms with Gasteiger partial charge in [0.25, 0.3) is 5.91 Å². The van der Waals surface area contributed by atoms with Gasteiger partial charge < -0.3 is 15.4 Å². The monoisotopic (exact) mass is 242 g/mol. The van der Waals surface area contributed by atoms with Crippen molar-refractivity contribution in [2.75, 3.05) is 19.4 Å². The van der Waals surface area contributed by atoms with Crippen LogP contribution in [0, 0.1) is 0 Å². The highest BCUT2D eigenvalue weighted by atomic mass is 32.1. The van der Waals surface area contributed by atoms with Crippen molar-refractivity contribution in [2.24, 2.45) is 0 Å². The Morgan fingerprint density at radius 2 is 2.38 bits per heavy atom. The van der Waals surface area contributed by atoms with Crippen molar-refractivity contribution in [3.8, 4) is 0 Å². The van der Waals surface area contributed by atoms with E-state index in [9.17, 15) is 4.79 Å². The van der Waals surface area contributed by atoms with Gasteiger partial charge in [-0.1, -0.05) is 11.3 Å². The first kappa shape index (κ1) is 11.3. The molecule has 2 N–H and O–H groups in total. The lowest BCUT2D eigenvalue weighted by atomic mass is 10.1. The van der Waals surface area contributed by atoms with Crippen LogP contribution in [0.1, 0.15) is 23.1 Å². The number of hydrogen-bond acceptors (Lipinski definition) is 6. The second-order valence-electron chi connectivity index (χ2n) is 3.79. The zero-order valence-electron chi connectivity index (χ0n) is 9.21. The molecule has 2 rings (SSSR count). The molecule has 1 amide bonds. The summed E-state index contributed by atoms with van der Waals surface area (Å²) in [6.45, 7) is 2.66. The van der Waals surface area contributed by atoms with E-state index in [1.165, 1.54) is 0 Å². The number of amides is 1. The molecule has 1 aliphatic heterocycles. The number of aromatic nitrogens is 2. The molecule has 0 aliphatic carbocycles. The molecule has 0 bridgehead atoms. The summed E-state index contributed by atoms with van der Waals surface area (Å²) in [6.07, 6.45) is 0.928. The van der Waals surface area contributed by atoms with Crippen LogP contribution in [0.5, 0.6) is 0 Å². The normalized spacial score (nSPS) is 24.6. The Morgan fingerprint density at radius 1 is 1.62 bits per heavy atom. The molecule has 88 valence electrons. The molecule has 16 heavy (non-hydrogen) atoms. The van der Waals surface area contributed by atoms with Crippen molar-refractivity contribution in [3.05, 3.63) is 5.01 Å². The summed E-state index contributed by atoms with van der Waals surface area (Å²) >= 11 is 1.11. The van der Waals surface area contributed by atoms with Gasteiger partial charge in [0.1, 0.15) is 0 Å². The molecule has 1 fully saturated rings. The molecule has 2 atom stereocenters. The van der Waals surface area contributed by atoms with Gasteiger partial charge in [0.15, 0.2) is 0 Å². The molecule has 0 spiro atoms. The first-order valence-corrected chi connectivity index (χ1v) is 5.89. The maximum absolute atomic E-state index is 12.0. The topological polar surface area (TPSA) is 81.3 Å². The average Bonchev–Trinajstić information content (AvgIpc) is 2.85. The molecule has 0 saturated carbocycles. The minimum Gasteiger partial charge on any atom is -0.376 e. The van der Waals surface area contributed by atoms with Gasteiger partial charge >= 0.3 is 0 Å². The van der Waals surface area contributed by atoms with Crippen LogP contribution in [0.2, 0.25) is 0 Å². The molecule has 1 saturated heterocycles. The Balaban J connectivity index is 2.10. The third-order valence-electron chi connectivity index (χ3n) is 2.78. The molecule has 1 aromatic rings. The lowest BCUT2D eigenvalue weighted by molar-refractivity contribution is 0.0573. The second-order valence-corrected chi connectivity index (χ2v) is 4.80. The summed E-state index contributed by atoms with van der Waals surface area (Å²) < 4.78 is 5.43. The molecule has 0 radical (unpaired) electrons. The number of carbonyl (C=O) groups excluding carboxylic acids is 1. The van der Waals surface area contributed by atoms with Gasteiger partial charge in [0, 0.05) is 13.7 Å².